The molecule has 5 heteroatoms. The molecule has 1 aromatic heterocycles. The summed E-state index contributed by atoms with van der Waals surface area (Å²) < 4.78 is 39.5. The molecule has 1 aromatic carbocycles. The summed E-state index contributed by atoms with van der Waals surface area (Å²) >= 11 is 0. The standard InChI is InChI=1S/C11H9F3N2/c1-8-6-16(7-15-8)10-5-3-2-4-9(10)11(12,13)14/h2-7H,1H3. The summed E-state index contributed by atoms with van der Waals surface area (Å²) in [6.45, 7) is 1.73. The zero-order valence-electron chi connectivity index (χ0n) is 8.49. The molecule has 16 heavy (non-hydrogen) atoms. The van der Waals surface area contributed by atoms with E-state index >= 15 is 0 Å². The molecule has 0 aliphatic rings. The van der Waals surface area contributed by atoms with Gasteiger partial charge in [-0.3, -0.25) is 0 Å². The molecular weight excluding hydrogens is 217 g/mol. The maximum Gasteiger partial charge on any atom is 0.418 e. The first kappa shape index (κ1) is 10.7. The zero-order chi connectivity index (χ0) is 11.8. The van der Waals surface area contributed by atoms with Crippen LogP contribution in [0.2, 0.25) is 0 Å². The highest BCUT2D eigenvalue weighted by Crippen LogP contribution is 2.33. The summed E-state index contributed by atoms with van der Waals surface area (Å²) in [5.74, 6) is 0. The third-order valence-electron chi connectivity index (χ3n) is 2.20. The largest absolute Gasteiger partial charge is 0.418 e. The van der Waals surface area contributed by atoms with Crippen LogP contribution in [0.25, 0.3) is 5.69 Å². The number of alkyl halides is 3. The lowest BCUT2D eigenvalue weighted by Crippen LogP contribution is -2.09. The van der Waals surface area contributed by atoms with E-state index in [-0.39, 0.29) is 5.69 Å². The van der Waals surface area contributed by atoms with Crippen LogP contribution in [-0.4, -0.2) is 9.55 Å². The van der Waals surface area contributed by atoms with E-state index in [0.717, 1.165) is 6.07 Å². The summed E-state index contributed by atoms with van der Waals surface area (Å²) in [7, 11) is 0. The van der Waals surface area contributed by atoms with Crippen molar-refractivity contribution < 1.29 is 13.2 Å². The molecule has 2 aromatic rings. The maximum absolute atomic E-state index is 12.7. The number of hydrogen-bond acceptors (Lipinski definition) is 1. The molecule has 84 valence electrons. The molecule has 0 radical (unpaired) electrons. The first-order chi connectivity index (χ1) is 7.48. The van der Waals surface area contributed by atoms with Crippen molar-refractivity contribution in [3.8, 4) is 5.69 Å². The van der Waals surface area contributed by atoms with Crippen molar-refractivity contribution in [2.75, 3.05) is 0 Å². The maximum atomic E-state index is 12.7. The van der Waals surface area contributed by atoms with Gasteiger partial charge in [0, 0.05) is 6.20 Å². The summed E-state index contributed by atoms with van der Waals surface area (Å²) in [5, 5.41) is 0. The van der Waals surface area contributed by atoms with Crippen LogP contribution in [0.3, 0.4) is 0 Å². The van der Waals surface area contributed by atoms with Crippen molar-refractivity contribution in [1.29, 1.82) is 0 Å². The molecule has 0 bridgehead atoms. The second-order valence-corrected chi connectivity index (χ2v) is 3.44. The quantitative estimate of drug-likeness (QED) is 0.730. The first-order valence-corrected chi connectivity index (χ1v) is 4.65. The average Bonchev–Trinajstić information content (AvgIpc) is 2.64. The van der Waals surface area contributed by atoms with Crippen LogP contribution >= 0.6 is 0 Å². The molecule has 0 spiro atoms. The fourth-order valence-electron chi connectivity index (χ4n) is 1.49. The van der Waals surface area contributed by atoms with Gasteiger partial charge in [0.1, 0.15) is 0 Å². The third kappa shape index (κ3) is 1.93. The number of hydrogen-bond donors (Lipinski definition) is 0. The first-order valence-electron chi connectivity index (χ1n) is 4.65. The number of aromatic nitrogens is 2. The second-order valence-electron chi connectivity index (χ2n) is 3.44. The Kier molecular flexibility index (Phi) is 2.46. The highest BCUT2D eigenvalue weighted by atomic mass is 19.4. The Labute approximate surface area is 90.4 Å². The zero-order valence-corrected chi connectivity index (χ0v) is 8.49. The van der Waals surface area contributed by atoms with E-state index in [0.29, 0.717) is 5.69 Å². The smallest absolute Gasteiger partial charge is 0.305 e. The minimum Gasteiger partial charge on any atom is -0.305 e. The molecule has 0 saturated heterocycles. The summed E-state index contributed by atoms with van der Waals surface area (Å²) in [4.78, 5) is 3.91. The van der Waals surface area contributed by atoms with Gasteiger partial charge in [-0.2, -0.15) is 13.2 Å². The molecule has 2 nitrogen and oxygen atoms in total. The molecule has 2 rings (SSSR count). The monoisotopic (exact) mass is 226 g/mol. The second kappa shape index (κ2) is 3.66. The van der Waals surface area contributed by atoms with Gasteiger partial charge < -0.3 is 4.57 Å². The molecule has 0 N–H and O–H groups in total. The van der Waals surface area contributed by atoms with E-state index in [9.17, 15) is 13.2 Å². The number of aryl methyl sites for hydroxylation is 1. The fourth-order valence-corrected chi connectivity index (χ4v) is 1.49. The Morgan fingerprint density at radius 3 is 2.44 bits per heavy atom. The van der Waals surface area contributed by atoms with Gasteiger partial charge in [-0.15, -0.1) is 0 Å². The van der Waals surface area contributed by atoms with Gasteiger partial charge >= 0.3 is 6.18 Å². The van der Waals surface area contributed by atoms with Gasteiger partial charge in [0.05, 0.1) is 23.3 Å². The molecule has 0 aliphatic carbocycles. The molecule has 1 heterocycles. The lowest BCUT2D eigenvalue weighted by Gasteiger charge is -2.12. The Hall–Kier alpha value is -1.78. The van der Waals surface area contributed by atoms with Crippen LogP contribution < -0.4 is 0 Å². The Bertz CT molecular complexity index is 500. The Morgan fingerprint density at radius 2 is 1.88 bits per heavy atom. The van der Waals surface area contributed by atoms with E-state index in [2.05, 4.69) is 4.98 Å². The molecule has 0 unspecified atom stereocenters. The van der Waals surface area contributed by atoms with Crippen LogP contribution in [0, 0.1) is 6.92 Å². The summed E-state index contributed by atoms with van der Waals surface area (Å²) in [5.41, 5.74) is 0.111. The summed E-state index contributed by atoms with van der Waals surface area (Å²) in [6.07, 6.45) is -1.42. The summed E-state index contributed by atoms with van der Waals surface area (Å²) in [6, 6.07) is 5.42. The van der Waals surface area contributed by atoms with E-state index < -0.39 is 11.7 Å². The van der Waals surface area contributed by atoms with Gasteiger partial charge in [-0.05, 0) is 19.1 Å². The van der Waals surface area contributed by atoms with Gasteiger partial charge in [-0.1, -0.05) is 12.1 Å². The Morgan fingerprint density at radius 1 is 1.19 bits per heavy atom. The SMILES string of the molecule is Cc1cn(-c2ccccc2C(F)(F)F)cn1. The number of halogens is 3. The highest BCUT2D eigenvalue weighted by molar-refractivity contribution is 5.43. The fraction of sp³-hybridized carbons (Fsp3) is 0.182. The lowest BCUT2D eigenvalue weighted by molar-refractivity contribution is -0.137. The van der Waals surface area contributed by atoms with E-state index in [1.165, 1.54) is 23.0 Å². The number of nitrogens with zero attached hydrogens (tertiary/aromatic N) is 2. The average molecular weight is 226 g/mol. The van der Waals surface area contributed by atoms with E-state index in [4.69, 9.17) is 0 Å². The van der Waals surface area contributed by atoms with Crippen molar-refractivity contribution in [2.45, 2.75) is 13.1 Å². The molecule has 0 aliphatic heterocycles. The van der Waals surface area contributed by atoms with Crippen molar-refractivity contribution in [1.82, 2.24) is 9.55 Å². The molecule has 0 amide bonds. The van der Waals surface area contributed by atoms with Crippen LogP contribution in [0.1, 0.15) is 11.3 Å². The molecule has 0 fully saturated rings. The minimum atomic E-state index is -4.35. The molecule has 0 atom stereocenters. The van der Waals surface area contributed by atoms with Crippen LogP contribution in [0.15, 0.2) is 36.8 Å². The molecular formula is C11H9F3N2. The highest BCUT2D eigenvalue weighted by Gasteiger charge is 2.33. The van der Waals surface area contributed by atoms with Crippen molar-refractivity contribution >= 4 is 0 Å². The van der Waals surface area contributed by atoms with E-state index in [1.54, 1.807) is 19.2 Å². The minimum absolute atomic E-state index is 0.0931. The third-order valence-corrected chi connectivity index (χ3v) is 2.20. The lowest BCUT2D eigenvalue weighted by atomic mass is 10.1. The Balaban J connectivity index is 2.57. The number of imidazole rings is 1. The normalized spacial score (nSPS) is 11.8. The topological polar surface area (TPSA) is 17.8 Å². The van der Waals surface area contributed by atoms with Crippen molar-refractivity contribution in [3.63, 3.8) is 0 Å². The number of rotatable bonds is 1. The molecule has 0 saturated carbocycles. The van der Waals surface area contributed by atoms with Gasteiger partial charge in [0.25, 0.3) is 0 Å². The van der Waals surface area contributed by atoms with Crippen LogP contribution in [0.5, 0.6) is 0 Å². The predicted octanol–water partition coefficient (Wildman–Crippen LogP) is 3.20. The van der Waals surface area contributed by atoms with Crippen molar-refractivity contribution in [3.05, 3.63) is 48.0 Å². The number of benzene rings is 1. The van der Waals surface area contributed by atoms with Crippen LogP contribution in [0.4, 0.5) is 13.2 Å². The predicted molar refractivity (Wildman–Crippen MR) is 53.3 cm³/mol. The van der Waals surface area contributed by atoms with Gasteiger partial charge in [0.2, 0.25) is 0 Å². The van der Waals surface area contributed by atoms with Crippen LogP contribution in [-0.2, 0) is 6.18 Å². The van der Waals surface area contributed by atoms with Gasteiger partial charge in [-0.25, -0.2) is 4.98 Å². The number of para-hydroxylation sites is 1. The van der Waals surface area contributed by atoms with Gasteiger partial charge in [0.15, 0.2) is 0 Å². The van der Waals surface area contributed by atoms with Crippen molar-refractivity contribution in [2.24, 2.45) is 0 Å². The van der Waals surface area contributed by atoms with E-state index in [1.807, 2.05) is 0 Å².